The van der Waals surface area contributed by atoms with Crippen molar-refractivity contribution in [1.29, 1.82) is 0 Å². The number of aromatic nitrogens is 3. The number of thiazole rings is 1. The Balaban J connectivity index is 1.83. The summed E-state index contributed by atoms with van der Waals surface area (Å²) < 4.78 is 4.15. The molecule has 1 N–H and O–H groups in total. The Morgan fingerprint density at radius 1 is 1.40 bits per heavy atom. The van der Waals surface area contributed by atoms with Crippen LogP contribution in [0.5, 0.6) is 0 Å². The average molecular weight is 304 g/mol. The van der Waals surface area contributed by atoms with E-state index in [2.05, 4.69) is 46.8 Å². The molecule has 1 aromatic carbocycles. The van der Waals surface area contributed by atoms with E-state index in [1.54, 1.807) is 23.1 Å². The summed E-state index contributed by atoms with van der Waals surface area (Å²) in [7, 11) is 1.93. The van der Waals surface area contributed by atoms with Crippen LogP contribution in [0.4, 0.5) is 5.69 Å². The lowest BCUT2D eigenvalue weighted by Gasteiger charge is -2.13. The van der Waals surface area contributed by atoms with Gasteiger partial charge in [0.25, 0.3) is 0 Å². The van der Waals surface area contributed by atoms with Crippen molar-refractivity contribution < 1.29 is 0 Å². The van der Waals surface area contributed by atoms with Crippen LogP contribution in [-0.2, 0) is 7.05 Å². The number of rotatable bonds is 4. The van der Waals surface area contributed by atoms with Gasteiger partial charge in [-0.15, -0.1) is 11.3 Å². The molecule has 3 rings (SSSR count). The number of hydrogen-bond acceptors (Lipinski definition) is 5. The van der Waals surface area contributed by atoms with Crippen LogP contribution in [0.1, 0.15) is 18.5 Å². The Morgan fingerprint density at radius 2 is 2.25 bits per heavy atom. The van der Waals surface area contributed by atoms with Gasteiger partial charge in [0.15, 0.2) is 4.34 Å². The predicted molar refractivity (Wildman–Crippen MR) is 86.6 cm³/mol. The van der Waals surface area contributed by atoms with E-state index in [9.17, 15) is 0 Å². The van der Waals surface area contributed by atoms with Gasteiger partial charge in [-0.05, 0) is 31.4 Å². The Hall–Kier alpha value is -1.53. The van der Waals surface area contributed by atoms with E-state index in [-0.39, 0.29) is 6.04 Å². The molecule has 0 spiro atoms. The summed E-state index contributed by atoms with van der Waals surface area (Å²) in [6, 6.07) is 6.55. The van der Waals surface area contributed by atoms with Gasteiger partial charge in [-0.3, -0.25) is 4.68 Å². The first-order valence-electron chi connectivity index (χ1n) is 6.35. The number of thioether (sulfide) groups is 1. The van der Waals surface area contributed by atoms with Crippen LogP contribution in [0, 0.1) is 0 Å². The van der Waals surface area contributed by atoms with Gasteiger partial charge in [0.2, 0.25) is 0 Å². The molecule has 2 aromatic heterocycles. The van der Waals surface area contributed by atoms with Crippen molar-refractivity contribution in [3.8, 4) is 0 Å². The topological polar surface area (TPSA) is 42.7 Å². The maximum Gasteiger partial charge on any atom is 0.150 e. The first kappa shape index (κ1) is 13.5. The van der Waals surface area contributed by atoms with Crippen LogP contribution in [0.2, 0.25) is 0 Å². The normalized spacial score (nSPS) is 12.8. The molecular formula is C14H16N4S2. The third-order valence-electron chi connectivity index (χ3n) is 3.15. The van der Waals surface area contributed by atoms with Crippen molar-refractivity contribution in [2.45, 2.75) is 17.3 Å². The third kappa shape index (κ3) is 2.66. The molecule has 6 heteroatoms. The highest BCUT2D eigenvalue weighted by molar-refractivity contribution is 8.00. The van der Waals surface area contributed by atoms with E-state index < -0.39 is 0 Å². The molecule has 0 aliphatic rings. The second-order valence-corrected chi connectivity index (χ2v) is 6.76. The molecule has 0 amide bonds. The summed E-state index contributed by atoms with van der Waals surface area (Å²) in [6.45, 7) is 2.14. The number of benzene rings is 1. The summed E-state index contributed by atoms with van der Waals surface area (Å²) in [5, 5.41) is 7.72. The zero-order valence-corrected chi connectivity index (χ0v) is 13.3. The first-order chi connectivity index (χ1) is 9.65. The number of aryl methyl sites for hydroxylation is 1. The molecule has 0 aliphatic carbocycles. The van der Waals surface area contributed by atoms with Gasteiger partial charge in [-0.25, -0.2) is 4.98 Å². The van der Waals surface area contributed by atoms with Crippen molar-refractivity contribution in [3.05, 3.63) is 36.2 Å². The molecule has 4 nitrogen and oxygen atoms in total. The van der Waals surface area contributed by atoms with Crippen molar-refractivity contribution >= 4 is 39.0 Å². The van der Waals surface area contributed by atoms with Gasteiger partial charge < -0.3 is 5.32 Å². The van der Waals surface area contributed by atoms with Crippen LogP contribution >= 0.6 is 23.1 Å². The van der Waals surface area contributed by atoms with Crippen molar-refractivity contribution in [2.75, 3.05) is 11.6 Å². The molecule has 1 atom stereocenters. The van der Waals surface area contributed by atoms with E-state index in [1.807, 2.05) is 24.1 Å². The molecule has 0 saturated heterocycles. The van der Waals surface area contributed by atoms with Crippen molar-refractivity contribution in [2.24, 2.45) is 7.05 Å². The Bertz CT molecular complexity index is 732. The summed E-state index contributed by atoms with van der Waals surface area (Å²) in [5.41, 5.74) is 3.37. The highest BCUT2D eigenvalue weighted by atomic mass is 32.2. The fraction of sp³-hybridized carbons (Fsp3) is 0.286. The van der Waals surface area contributed by atoms with Gasteiger partial charge in [0.05, 0.1) is 22.5 Å². The lowest BCUT2D eigenvalue weighted by Crippen LogP contribution is -2.05. The smallest absolute Gasteiger partial charge is 0.150 e. The third-order valence-corrected chi connectivity index (χ3v) is 5.15. The largest absolute Gasteiger partial charge is 0.378 e. The number of anilines is 1. The molecule has 2 heterocycles. The summed E-state index contributed by atoms with van der Waals surface area (Å²) in [6.07, 6.45) is 5.99. The van der Waals surface area contributed by atoms with E-state index in [0.29, 0.717) is 0 Å². The Morgan fingerprint density at radius 3 is 2.95 bits per heavy atom. The minimum absolute atomic E-state index is 0.231. The van der Waals surface area contributed by atoms with Gasteiger partial charge in [-0.1, -0.05) is 11.8 Å². The SMILES string of the molecule is CSc1nc2ccc(NC(C)c3cnn(C)c3)cc2s1. The number of hydrogen-bond donors (Lipinski definition) is 1. The molecule has 104 valence electrons. The molecule has 1 unspecified atom stereocenters. The molecule has 0 saturated carbocycles. The van der Waals surface area contributed by atoms with Crippen LogP contribution in [0.3, 0.4) is 0 Å². The maximum absolute atomic E-state index is 4.55. The number of fused-ring (bicyclic) bond motifs is 1. The van der Waals surface area contributed by atoms with Gasteiger partial charge in [0, 0.05) is 24.5 Å². The molecule has 0 fully saturated rings. The van der Waals surface area contributed by atoms with Crippen LogP contribution in [-0.4, -0.2) is 21.0 Å². The fourth-order valence-corrected chi connectivity index (χ4v) is 3.61. The van der Waals surface area contributed by atoms with E-state index in [0.717, 1.165) is 15.5 Å². The van der Waals surface area contributed by atoms with E-state index in [4.69, 9.17) is 0 Å². The van der Waals surface area contributed by atoms with Crippen molar-refractivity contribution in [3.63, 3.8) is 0 Å². The zero-order chi connectivity index (χ0) is 14.1. The van der Waals surface area contributed by atoms with Gasteiger partial charge >= 0.3 is 0 Å². The monoisotopic (exact) mass is 304 g/mol. The summed E-state index contributed by atoms with van der Waals surface area (Å²) >= 11 is 3.42. The lowest BCUT2D eigenvalue weighted by molar-refractivity contribution is 0.765. The molecule has 0 aliphatic heterocycles. The quantitative estimate of drug-likeness (QED) is 0.742. The summed E-state index contributed by atoms with van der Waals surface area (Å²) in [4.78, 5) is 4.55. The molecule has 20 heavy (non-hydrogen) atoms. The lowest BCUT2D eigenvalue weighted by atomic mass is 10.2. The Kier molecular flexibility index (Phi) is 3.67. The van der Waals surface area contributed by atoms with Gasteiger partial charge in [0.1, 0.15) is 0 Å². The van der Waals surface area contributed by atoms with Gasteiger partial charge in [-0.2, -0.15) is 5.10 Å². The highest BCUT2D eigenvalue weighted by Gasteiger charge is 2.09. The second kappa shape index (κ2) is 5.46. The minimum atomic E-state index is 0.231. The molecule has 3 aromatic rings. The van der Waals surface area contributed by atoms with Crippen LogP contribution < -0.4 is 5.32 Å². The predicted octanol–water partition coefficient (Wildman–Crippen LogP) is 3.92. The maximum atomic E-state index is 4.55. The van der Waals surface area contributed by atoms with Crippen LogP contribution in [0.25, 0.3) is 10.2 Å². The highest BCUT2D eigenvalue weighted by Crippen LogP contribution is 2.30. The summed E-state index contributed by atoms with van der Waals surface area (Å²) in [5.74, 6) is 0. The second-order valence-electron chi connectivity index (χ2n) is 4.68. The average Bonchev–Trinajstić information content (AvgIpc) is 3.03. The first-order valence-corrected chi connectivity index (χ1v) is 8.39. The Labute approximate surface area is 126 Å². The minimum Gasteiger partial charge on any atom is -0.378 e. The fourth-order valence-electron chi connectivity index (χ4n) is 2.08. The molecule has 0 radical (unpaired) electrons. The van der Waals surface area contributed by atoms with Crippen LogP contribution in [0.15, 0.2) is 34.9 Å². The van der Waals surface area contributed by atoms with E-state index in [1.165, 1.54) is 10.3 Å². The van der Waals surface area contributed by atoms with Crippen molar-refractivity contribution in [1.82, 2.24) is 14.8 Å². The number of nitrogens with zero attached hydrogens (tertiary/aromatic N) is 3. The zero-order valence-electron chi connectivity index (χ0n) is 11.6. The number of nitrogens with one attached hydrogen (secondary N) is 1. The standard InChI is InChI=1S/C14H16N4S2/c1-9(10-7-15-18(2)8-10)16-11-4-5-12-13(6-11)20-14(17-12)19-3/h4-9,16H,1-3H3. The van der Waals surface area contributed by atoms with E-state index >= 15 is 0 Å². The molecule has 0 bridgehead atoms. The molecular weight excluding hydrogens is 288 g/mol.